The number of rotatable bonds is 7. The first-order valence-corrected chi connectivity index (χ1v) is 10.1. The average molecular weight is 416 g/mol. The molecule has 0 fully saturated rings. The minimum atomic E-state index is -0.973. The molecule has 29 heavy (non-hydrogen) atoms. The van der Waals surface area contributed by atoms with Crippen LogP contribution in [0.2, 0.25) is 0 Å². The van der Waals surface area contributed by atoms with Gasteiger partial charge in [0.1, 0.15) is 5.82 Å². The summed E-state index contributed by atoms with van der Waals surface area (Å²) in [4.78, 5) is 37.3. The molecule has 0 radical (unpaired) electrons. The summed E-state index contributed by atoms with van der Waals surface area (Å²) in [6.45, 7) is 1.82. The predicted octanol–water partition coefficient (Wildman–Crippen LogP) is 2.92. The van der Waals surface area contributed by atoms with Gasteiger partial charge >= 0.3 is 5.97 Å². The van der Waals surface area contributed by atoms with Crippen molar-refractivity contribution in [2.24, 2.45) is 0 Å². The van der Waals surface area contributed by atoms with Gasteiger partial charge in [-0.2, -0.15) is 0 Å². The summed E-state index contributed by atoms with van der Waals surface area (Å²) >= 11 is 1.30. The standard InChI is InChI=1S/C21H21FN2O4S/c1-13(20(26)23-11-10-14-6-8-15(22)9-7-14)28-19(25)12-18-21(27)24-16-4-2-3-5-17(16)29-18/h2-9,13,18H,10-12H2,1H3,(H,23,26)(H,24,27)/t13-,18+/m0/s1. The lowest BCUT2D eigenvalue weighted by atomic mass is 10.1. The molecular formula is C21H21FN2O4S. The van der Waals surface area contributed by atoms with Crippen LogP contribution in [0.5, 0.6) is 0 Å². The molecule has 0 saturated carbocycles. The molecule has 0 unspecified atom stereocenters. The molecule has 0 spiro atoms. The van der Waals surface area contributed by atoms with Gasteiger partial charge in [0.05, 0.1) is 17.4 Å². The van der Waals surface area contributed by atoms with Crippen LogP contribution in [0.1, 0.15) is 18.9 Å². The third kappa shape index (κ3) is 5.80. The zero-order chi connectivity index (χ0) is 20.8. The fourth-order valence-corrected chi connectivity index (χ4v) is 3.90. The molecule has 0 aliphatic carbocycles. The van der Waals surface area contributed by atoms with Gasteiger partial charge in [-0.05, 0) is 43.2 Å². The zero-order valence-corrected chi connectivity index (χ0v) is 16.6. The van der Waals surface area contributed by atoms with E-state index in [2.05, 4.69) is 10.6 Å². The van der Waals surface area contributed by atoms with Crippen molar-refractivity contribution in [3.05, 3.63) is 59.9 Å². The Morgan fingerprint density at radius 1 is 1.21 bits per heavy atom. The maximum absolute atomic E-state index is 12.9. The molecule has 1 heterocycles. The van der Waals surface area contributed by atoms with Crippen LogP contribution in [0.4, 0.5) is 10.1 Å². The number of hydrogen-bond acceptors (Lipinski definition) is 5. The van der Waals surface area contributed by atoms with Gasteiger partial charge in [-0.1, -0.05) is 24.3 Å². The molecule has 0 aromatic heterocycles. The Morgan fingerprint density at radius 3 is 2.69 bits per heavy atom. The number of para-hydroxylation sites is 1. The number of fused-ring (bicyclic) bond motifs is 1. The van der Waals surface area contributed by atoms with Gasteiger partial charge in [0.15, 0.2) is 6.10 Å². The number of esters is 1. The molecule has 2 atom stereocenters. The number of ether oxygens (including phenoxy) is 1. The van der Waals surface area contributed by atoms with E-state index >= 15 is 0 Å². The summed E-state index contributed by atoms with van der Waals surface area (Å²) < 4.78 is 18.1. The minimum absolute atomic E-state index is 0.127. The van der Waals surface area contributed by atoms with Crippen molar-refractivity contribution >= 4 is 35.2 Å². The van der Waals surface area contributed by atoms with E-state index in [1.807, 2.05) is 18.2 Å². The van der Waals surface area contributed by atoms with E-state index in [0.29, 0.717) is 13.0 Å². The van der Waals surface area contributed by atoms with E-state index in [4.69, 9.17) is 4.74 Å². The quantitative estimate of drug-likeness (QED) is 0.678. The van der Waals surface area contributed by atoms with E-state index in [-0.39, 0.29) is 18.1 Å². The first-order valence-electron chi connectivity index (χ1n) is 9.20. The second kappa shape index (κ2) is 9.56. The van der Waals surface area contributed by atoms with Crippen LogP contribution < -0.4 is 10.6 Å². The lowest BCUT2D eigenvalue weighted by Gasteiger charge is -2.23. The highest BCUT2D eigenvalue weighted by Crippen LogP contribution is 2.36. The number of carbonyl (C=O) groups is 3. The maximum atomic E-state index is 12.9. The number of carbonyl (C=O) groups excluding carboxylic acids is 3. The second-order valence-corrected chi connectivity index (χ2v) is 7.84. The van der Waals surface area contributed by atoms with E-state index in [0.717, 1.165) is 16.1 Å². The van der Waals surface area contributed by atoms with Gasteiger partial charge in [0.25, 0.3) is 5.91 Å². The van der Waals surface area contributed by atoms with Gasteiger partial charge in [-0.25, -0.2) is 4.39 Å². The fraction of sp³-hybridized carbons (Fsp3) is 0.286. The van der Waals surface area contributed by atoms with Crippen LogP contribution >= 0.6 is 11.8 Å². The Hall–Kier alpha value is -2.87. The number of hydrogen-bond donors (Lipinski definition) is 2. The zero-order valence-electron chi connectivity index (χ0n) is 15.8. The maximum Gasteiger partial charge on any atom is 0.308 e. The lowest BCUT2D eigenvalue weighted by molar-refractivity contribution is -0.155. The van der Waals surface area contributed by atoms with Crippen molar-refractivity contribution in [3.8, 4) is 0 Å². The van der Waals surface area contributed by atoms with Crippen LogP contribution in [0, 0.1) is 5.82 Å². The molecule has 1 aliphatic rings. The number of halogens is 1. The molecule has 8 heteroatoms. The number of anilines is 1. The normalized spacial score (nSPS) is 16.3. The van der Waals surface area contributed by atoms with Crippen molar-refractivity contribution in [1.82, 2.24) is 5.32 Å². The molecule has 152 valence electrons. The second-order valence-electron chi connectivity index (χ2n) is 6.60. The molecule has 2 aromatic rings. The highest BCUT2D eigenvalue weighted by atomic mass is 32.2. The minimum Gasteiger partial charge on any atom is -0.453 e. The summed E-state index contributed by atoms with van der Waals surface area (Å²) in [6, 6.07) is 13.4. The molecule has 6 nitrogen and oxygen atoms in total. The van der Waals surface area contributed by atoms with Gasteiger partial charge < -0.3 is 15.4 Å². The monoisotopic (exact) mass is 416 g/mol. The predicted molar refractivity (Wildman–Crippen MR) is 108 cm³/mol. The number of amides is 2. The number of benzene rings is 2. The van der Waals surface area contributed by atoms with E-state index in [1.54, 1.807) is 18.2 Å². The Kier molecular flexibility index (Phi) is 6.87. The first-order chi connectivity index (χ1) is 13.9. The summed E-state index contributed by atoms with van der Waals surface area (Å²) in [5.74, 6) is -1.61. The Labute approximate surface area is 172 Å². The largest absolute Gasteiger partial charge is 0.453 e. The van der Waals surface area contributed by atoms with Crippen LogP contribution in [0.3, 0.4) is 0 Å². The molecule has 0 bridgehead atoms. The van der Waals surface area contributed by atoms with E-state index < -0.39 is 23.2 Å². The molecule has 0 saturated heterocycles. The summed E-state index contributed by atoms with van der Waals surface area (Å²) in [7, 11) is 0. The van der Waals surface area contributed by atoms with Crippen LogP contribution in [-0.4, -0.2) is 35.7 Å². The van der Waals surface area contributed by atoms with Crippen LogP contribution in [-0.2, 0) is 25.5 Å². The van der Waals surface area contributed by atoms with Crippen molar-refractivity contribution < 1.29 is 23.5 Å². The highest BCUT2D eigenvalue weighted by molar-refractivity contribution is 8.01. The van der Waals surface area contributed by atoms with Crippen molar-refractivity contribution in [2.75, 3.05) is 11.9 Å². The Morgan fingerprint density at radius 2 is 1.93 bits per heavy atom. The third-order valence-corrected chi connectivity index (χ3v) is 5.64. The Bertz CT molecular complexity index is 904. The topological polar surface area (TPSA) is 84.5 Å². The van der Waals surface area contributed by atoms with E-state index in [1.165, 1.54) is 30.8 Å². The summed E-state index contributed by atoms with van der Waals surface area (Å²) in [6.07, 6.45) is -0.567. The summed E-state index contributed by atoms with van der Waals surface area (Å²) in [5, 5.41) is 4.84. The van der Waals surface area contributed by atoms with Crippen LogP contribution in [0.25, 0.3) is 0 Å². The molecule has 3 rings (SSSR count). The third-order valence-electron chi connectivity index (χ3n) is 4.36. The molecule has 1 aliphatic heterocycles. The highest BCUT2D eigenvalue weighted by Gasteiger charge is 2.30. The molecule has 2 amide bonds. The Balaban J connectivity index is 1.43. The van der Waals surface area contributed by atoms with Crippen LogP contribution in [0.15, 0.2) is 53.4 Å². The fourth-order valence-electron chi connectivity index (χ4n) is 2.80. The van der Waals surface area contributed by atoms with Gasteiger partial charge in [0.2, 0.25) is 5.91 Å². The summed E-state index contributed by atoms with van der Waals surface area (Å²) in [5.41, 5.74) is 1.61. The number of thioether (sulfide) groups is 1. The lowest BCUT2D eigenvalue weighted by Crippen LogP contribution is -2.38. The van der Waals surface area contributed by atoms with Crippen molar-refractivity contribution in [2.45, 2.75) is 36.0 Å². The van der Waals surface area contributed by atoms with E-state index in [9.17, 15) is 18.8 Å². The average Bonchev–Trinajstić information content (AvgIpc) is 2.70. The SMILES string of the molecule is C[C@H](OC(=O)C[C@H]1Sc2ccccc2NC1=O)C(=O)NCCc1ccc(F)cc1. The number of nitrogens with one attached hydrogen (secondary N) is 2. The first kappa shape index (κ1) is 20.9. The van der Waals surface area contributed by atoms with Gasteiger partial charge in [0, 0.05) is 11.4 Å². The molecule has 2 aromatic carbocycles. The van der Waals surface area contributed by atoms with Crippen molar-refractivity contribution in [1.29, 1.82) is 0 Å². The molecular weight excluding hydrogens is 395 g/mol. The smallest absolute Gasteiger partial charge is 0.308 e. The van der Waals surface area contributed by atoms with Crippen molar-refractivity contribution in [3.63, 3.8) is 0 Å². The molecule has 2 N–H and O–H groups in total. The van der Waals surface area contributed by atoms with Gasteiger partial charge in [-0.15, -0.1) is 11.8 Å². The van der Waals surface area contributed by atoms with Gasteiger partial charge in [-0.3, -0.25) is 14.4 Å².